The van der Waals surface area contributed by atoms with E-state index in [0.29, 0.717) is 5.69 Å². The van der Waals surface area contributed by atoms with Gasteiger partial charge in [0.2, 0.25) is 0 Å². The number of carbonyl (C=O) groups is 1. The Kier molecular flexibility index (Phi) is 4.71. The van der Waals surface area contributed by atoms with E-state index >= 15 is 0 Å². The molecule has 0 aliphatic heterocycles. The van der Waals surface area contributed by atoms with Crippen molar-refractivity contribution in [3.63, 3.8) is 0 Å². The number of ether oxygens (including phenoxy) is 1. The van der Waals surface area contributed by atoms with Gasteiger partial charge in [0.25, 0.3) is 5.91 Å². The number of alkyl halides is 3. The molecule has 0 saturated carbocycles. The minimum absolute atomic E-state index is 0.239. The van der Waals surface area contributed by atoms with E-state index in [9.17, 15) is 18.0 Å². The maximum atomic E-state index is 12.0. The molecular weight excluding hydrogens is 398 g/mol. The Bertz CT molecular complexity index is 624. The van der Waals surface area contributed by atoms with Crippen LogP contribution in [0, 0.1) is 3.57 Å². The third-order valence-electron chi connectivity index (χ3n) is 2.45. The first kappa shape index (κ1) is 15.6. The fourth-order valence-electron chi connectivity index (χ4n) is 1.54. The van der Waals surface area contributed by atoms with E-state index in [0.717, 1.165) is 15.7 Å². The van der Waals surface area contributed by atoms with E-state index in [-0.39, 0.29) is 11.3 Å². The number of benzene rings is 2. The molecule has 0 aliphatic carbocycles. The molecule has 0 heterocycles. The second-order valence-electron chi connectivity index (χ2n) is 4.03. The van der Waals surface area contributed by atoms with Crippen LogP contribution in [-0.4, -0.2) is 12.3 Å². The van der Waals surface area contributed by atoms with Gasteiger partial charge in [0.15, 0.2) is 0 Å². The molecule has 0 fully saturated rings. The van der Waals surface area contributed by atoms with Crippen molar-refractivity contribution in [3.8, 4) is 5.75 Å². The van der Waals surface area contributed by atoms with Gasteiger partial charge in [-0.3, -0.25) is 4.79 Å². The number of carbonyl (C=O) groups excluding carboxylic acids is 1. The Labute approximate surface area is 132 Å². The van der Waals surface area contributed by atoms with Crippen LogP contribution in [0.5, 0.6) is 5.75 Å². The second kappa shape index (κ2) is 6.33. The Hall–Kier alpha value is -1.77. The van der Waals surface area contributed by atoms with Crippen LogP contribution in [-0.2, 0) is 0 Å². The number of halogens is 4. The monoisotopic (exact) mass is 407 g/mol. The SMILES string of the molecule is O=C(Nc1ccc(I)cc1)c1ccc(OC(F)(F)F)cc1. The fourth-order valence-corrected chi connectivity index (χ4v) is 1.90. The van der Waals surface area contributed by atoms with Crippen molar-refractivity contribution >= 4 is 34.2 Å². The molecule has 2 aromatic rings. The van der Waals surface area contributed by atoms with Crippen molar-refractivity contribution in [2.24, 2.45) is 0 Å². The van der Waals surface area contributed by atoms with Crippen LogP contribution in [0.1, 0.15) is 10.4 Å². The fraction of sp³-hybridized carbons (Fsp3) is 0.0714. The van der Waals surface area contributed by atoms with Crippen LogP contribution >= 0.6 is 22.6 Å². The summed E-state index contributed by atoms with van der Waals surface area (Å²) in [4.78, 5) is 11.9. The van der Waals surface area contributed by atoms with Crippen molar-refractivity contribution in [1.82, 2.24) is 0 Å². The highest BCUT2D eigenvalue weighted by atomic mass is 127. The van der Waals surface area contributed by atoms with Gasteiger partial charge < -0.3 is 10.1 Å². The molecule has 0 bridgehead atoms. The number of rotatable bonds is 3. The Morgan fingerprint density at radius 3 is 2.10 bits per heavy atom. The molecule has 0 spiro atoms. The van der Waals surface area contributed by atoms with E-state index < -0.39 is 12.3 Å². The van der Waals surface area contributed by atoms with Gasteiger partial charge in [-0.05, 0) is 71.1 Å². The molecule has 0 radical (unpaired) electrons. The van der Waals surface area contributed by atoms with Crippen LogP contribution in [0.15, 0.2) is 48.5 Å². The summed E-state index contributed by atoms with van der Waals surface area (Å²) >= 11 is 2.14. The lowest BCUT2D eigenvalue weighted by atomic mass is 10.2. The summed E-state index contributed by atoms with van der Waals surface area (Å²) in [6.45, 7) is 0. The normalized spacial score (nSPS) is 11.0. The van der Waals surface area contributed by atoms with Gasteiger partial charge in [-0.15, -0.1) is 13.2 Å². The van der Waals surface area contributed by atoms with E-state index in [1.807, 2.05) is 12.1 Å². The smallest absolute Gasteiger partial charge is 0.406 e. The highest BCUT2D eigenvalue weighted by Gasteiger charge is 2.31. The molecule has 1 amide bonds. The molecule has 0 saturated heterocycles. The Morgan fingerprint density at radius 1 is 1.00 bits per heavy atom. The molecule has 0 unspecified atom stereocenters. The molecule has 0 aromatic heterocycles. The quantitative estimate of drug-likeness (QED) is 0.765. The molecule has 2 rings (SSSR count). The van der Waals surface area contributed by atoms with Crippen LogP contribution in [0.4, 0.5) is 18.9 Å². The Morgan fingerprint density at radius 2 is 1.57 bits per heavy atom. The minimum atomic E-state index is -4.75. The maximum Gasteiger partial charge on any atom is 0.573 e. The highest BCUT2D eigenvalue weighted by molar-refractivity contribution is 14.1. The van der Waals surface area contributed by atoms with Gasteiger partial charge >= 0.3 is 6.36 Å². The van der Waals surface area contributed by atoms with Gasteiger partial charge in [-0.1, -0.05) is 0 Å². The van der Waals surface area contributed by atoms with Crippen LogP contribution < -0.4 is 10.1 Å². The molecule has 1 N–H and O–H groups in total. The predicted octanol–water partition coefficient (Wildman–Crippen LogP) is 4.44. The van der Waals surface area contributed by atoms with Gasteiger partial charge in [0.1, 0.15) is 5.75 Å². The largest absolute Gasteiger partial charge is 0.573 e. The summed E-state index contributed by atoms with van der Waals surface area (Å²) in [5.74, 6) is -0.775. The van der Waals surface area contributed by atoms with E-state index in [4.69, 9.17) is 0 Å². The summed E-state index contributed by atoms with van der Waals surface area (Å²) in [7, 11) is 0. The van der Waals surface area contributed by atoms with Gasteiger partial charge in [0.05, 0.1) is 0 Å². The maximum absolute atomic E-state index is 12.0. The lowest BCUT2D eigenvalue weighted by molar-refractivity contribution is -0.274. The highest BCUT2D eigenvalue weighted by Crippen LogP contribution is 2.23. The molecular formula is C14H9F3INO2. The third-order valence-corrected chi connectivity index (χ3v) is 3.17. The summed E-state index contributed by atoms with van der Waals surface area (Å²) in [5, 5.41) is 2.65. The van der Waals surface area contributed by atoms with Gasteiger partial charge in [-0.2, -0.15) is 0 Å². The lowest BCUT2D eigenvalue weighted by Gasteiger charge is -2.09. The average Bonchev–Trinajstić information content (AvgIpc) is 2.40. The molecule has 21 heavy (non-hydrogen) atoms. The summed E-state index contributed by atoms with van der Waals surface area (Å²) in [6, 6.07) is 11.9. The minimum Gasteiger partial charge on any atom is -0.406 e. The van der Waals surface area contributed by atoms with Gasteiger partial charge in [0, 0.05) is 14.8 Å². The van der Waals surface area contributed by atoms with Crippen molar-refractivity contribution in [2.75, 3.05) is 5.32 Å². The number of hydrogen-bond acceptors (Lipinski definition) is 2. The zero-order valence-corrected chi connectivity index (χ0v) is 12.6. The van der Waals surface area contributed by atoms with Crippen LogP contribution in [0.2, 0.25) is 0 Å². The summed E-state index contributed by atoms with van der Waals surface area (Å²) in [5.41, 5.74) is 0.846. The molecule has 2 aromatic carbocycles. The number of nitrogens with one attached hydrogen (secondary N) is 1. The number of anilines is 1. The molecule has 3 nitrogen and oxygen atoms in total. The molecule has 0 aliphatic rings. The second-order valence-corrected chi connectivity index (χ2v) is 5.28. The number of amides is 1. The predicted molar refractivity (Wildman–Crippen MR) is 80.2 cm³/mol. The van der Waals surface area contributed by atoms with Crippen LogP contribution in [0.25, 0.3) is 0 Å². The average molecular weight is 407 g/mol. The van der Waals surface area contributed by atoms with Crippen molar-refractivity contribution in [1.29, 1.82) is 0 Å². The topological polar surface area (TPSA) is 38.3 Å². The Balaban J connectivity index is 2.04. The van der Waals surface area contributed by atoms with Crippen molar-refractivity contribution < 1.29 is 22.7 Å². The first-order valence-corrected chi connectivity index (χ1v) is 6.84. The molecule has 7 heteroatoms. The first-order valence-electron chi connectivity index (χ1n) is 5.76. The summed E-state index contributed by atoms with van der Waals surface area (Å²) in [6.07, 6.45) is -4.75. The third kappa shape index (κ3) is 4.92. The van der Waals surface area contributed by atoms with Gasteiger partial charge in [-0.25, -0.2) is 0 Å². The van der Waals surface area contributed by atoms with Crippen LogP contribution in [0.3, 0.4) is 0 Å². The molecule has 110 valence electrons. The first-order chi connectivity index (χ1) is 9.83. The molecule has 0 atom stereocenters. The zero-order valence-electron chi connectivity index (χ0n) is 10.4. The van der Waals surface area contributed by atoms with E-state index in [1.54, 1.807) is 12.1 Å². The zero-order chi connectivity index (χ0) is 15.5. The summed E-state index contributed by atoms with van der Waals surface area (Å²) < 4.78 is 40.8. The van der Waals surface area contributed by atoms with Crippen molar-refractivity contribution in [2.45, 2.75) is 6.36 Å². The standard InChI is InChI=1S/C14H9F3INO2/c15-14(16,17)21-12-7-1-9(2-8-12)13(20)19-11-5-3-10(18)4-6-11/h1-8H,(H,19,20). The van der Waals surface area contributed by atoms with E-state index in [2.05, 4.69) is 32.6 Å². The number of hydrogen-bond donors (Lipinski definition) is 1. The van der Waals surface area contributed by atoms with Crippen molar-refractivity contribution in [3.05, 3.63) is 57.7 Å². The van der Waals surface area contributed by atoms with E-state index in [1.165, 1.54) is 12.1 Å². The lowest BCUT2D eigenvalue weighted by Crippen LogP contribution is -2.17.